The van der Waals surface area contributed by atoms with Crippen LogP contribution < -0.4 is 0 Å². The molecule has 0 saturated carbocycles. The standard InChI is InChI=1S/C25H25N3O/c1-16-9-10-22-19(13-16)18-6-4-8-23-25(18)28(22)12-11-27(23)15-24(29)20-14-26-21-7-3-2-5-17(20)21/h2-3,5,7,9-10,13-14,23,26H,4,6,8,11-12,15H2,1H3/t23-/m1/s1. The number of benzene rings is 2. The Morgan fingerprint density at radius 2 is 2.03 bits per heavy atom. The van der Waals surface area contributed by atoms with Gasteiger partial charge in [0.25, 0.3) is 0 Å². The summed E-state index contributed by atoms with van der Waals surface area (Å²) in [6.07, 6.45) is 5.37. The number of rotatable bonds is 3. The zero-order valence-electron chi connectivity index (χ0n) is 16.7. The number of nitrogens with zero attached hydrogens (tertiary/aromatic N) is 2. The number of aromatic amines is 1. The van der Waals surface area contributed by atoms with Crippen LogP contribution in [0, 0.1) is 6.92 Å². The van der Waals surface area contributed by atoms with Crippen LogP contribution in [0.4, 0.5) is 0 Å². The average molecular weight is 383 g/mol. The number of fused-ring (bicyclic) bond motifs is 4. The Morgan fingerprint density at radius 1 is 1.14 bits per heavy atom. The highest BCUT2D eigenvalue weighted by Crippen LogP contribution is 2.42. The first-order valence-electron chi connectivity index (χ1n) is 10.7. The lowest BCUT2D eigenvalue weighted by molar-refractivity contribution is 0.0835. The Kier molecular flexibility index (Phi) is 3.72. The fourth-order valence-electron chi connectivity index (χ4n) is 5.55. The van der Waals surface area contributed by atoms with E-state index in [9.17, 15) is 4.79 Å². The molecule has 2 aliphatic rings. The fraction of sp³-hybridized carbons (Fsp3) is 0.320. The molecule has 4 heteroatoms. The van der Waals surface area contributed by atoms with Crippen LogP contribution in [0.5, 0.6) is 0 Å². The molecule has 0 fully saturated rings. The van der Waals surface area contributed by atoms with Crippen LogP contribution in [-0.4, -0.2) is 33.3 Å². The summed E-state index contributed by atoms with van der Waals surface area (Å²) >= 11 is 0. The van der Waals surface area contributed by atoms with E-state index in [1.54, 1.807) is 0 Å². The molecule has 0 amide bonds. The maximum atomic E-state index is 13.2. The van der Waals surface area contributed by atoms with Crippen molar-refractivity contribution in [3.63, 3.8) is 0 Å². The van der Waals surface area contributed by atoms with E-state index in [2.05, 4.69) is 39.6 Å². The number of aromatic nitrogens is 2. The molecule has 0 bridgehead atoms. The van der Waals surface area contributed by atoms with Gasteiger partial charge in [-0.3, -0.25) is 9.69 Å². The van der Waals surface area contributed by atoms with Crippen molar-refractivity contribution >= 4 is 27.6 Å². The summed E-state index contributed by atoms with van der Waals surface area (Å²) in [4.78, 5) is 18.9. The van der Waals surface area contributed by atoms with Crippen LogP contribution in [0.2, 0.25) is 0 Å². The van der Waals surface area contributed by atoms with Crippen molar-refractivity contribution in [1.82, 2.24) is 14.5 Å². The number of hydrogen-bond donors (Lipinski definition) is 1. The third-order valence-electron chi connectivity index (χ3n) is 6.88. The van der Waals surface area contributed by atoms with Gasteiger partial charge in [-0.05, 0) is 49.9 Å². The predicted octanol–water partition coefficient (Wildman–Crippen LogP) is 5.01. The van der Waals surface area contributed by atoms with E-state index in [0.717, 1.165) is 42.4 Å². The molecule has 3 heterocycles. The zero-order chi connectivity index (χ0) is 19.5. The fourth-order valence-corrected chi connectivity index (χ4v) is 5.55. The van der Waals surface area contributed by atoms with Gasteiger partial charge in [-0.25, -0.2) is 0 Å². The summed E-state index contributed by atoms with van der Waals surface area (Å²) in [6.45, 7) is 4.57. The summed E-state index contributed by atoms with van der Waals surface area (Å²) in [5.41, 5.74) is 7.53. The Hall–Kier alpha value is -2.85. The number of H-pyrrole nitrogens is 1. The molecule has 6 rings (SSSR count). The Balaban J connectivity index is 1.37. The second kappa shape index (κ2) is 6.33. The lowest BCUT2D eigenvalue weighted by Gasteiger charge is -2.39. The van der Waals surface area contributed by atoms with Gasteiger partial charge in [0.15, 0.2) is 5.78 Å². The highest BCUT2D eigenvalue weighted by molar-refractivity contribution is 6.08. The third-order valence-corrected chi connectivity index (χ3v) is 6.88. The Labute approximate surface area is 170 Å². The Bertz CT molecular complexity index is 1260. The summed E-state index contributed by atoms with van der Waals surface area (Å²) < 4.78 is 2.53. The van der Waals surface area contributed by atoms with E-state index >= 15 is 0 Å². The molecule has 146 valence electrons. The molecule has 29 heavy (non-hydrogen) atoms. The van der Waals surface area contributed by atoms with Crippen LogP contribution in [0.25, 0.3) is 21.8 Å². The molecule has 0 saturated heterocycles. The van der Waals surface area contributed by atoms with E-state index in [0.29, 0.717) is 12.6 Å². The van der Waals surface area contributed by atoms with Gasteiger partial charge in [0.1, 0.15) is 0 Å². The summed E-state index contributed by atoms with van der Waals surface area (Å²) in [5.74, 6) is 0.218. The molecule has 4 aromatic rings. The minimum absolute atomic E-state index is 0.218. The number of Topliss-reactive ketones (excluding diaryl/α,β-unsaturated/α-hetero) is 1. The SMILES string of the molecule is Cc1ccc2c(c1)c1c3n2CCN(CC(=O)c2c[nH]c4ccccc24)[C@@H]3CCC1. The van der Waals surface area contributed by atoms with Crippen LogP contribution in [0.1, 0.15) is 46.1 Å². The van der Waals surface area contributed by atoms with Gasteiger partial charge >= 0.3 is 0 Å². The molecular formula is C25H25N3O. The molecule has 0 spiro atoms. The van der Waals surface area contributed by atoms with Crippen molar-refractivity contribution in [2.24, 2.45) is 0 Å². The van der Waals surface area contributed by atoms with Gasteiger partial charge in [0.05, 0.1) is 12.6 Å². The average Bonchev–Trinajstić information content (AvgIpc) is 3.31. The van der Waals surface area contributed by atoms with Crippen molar-refractivity contribution in [2.75, 3.05) is 13.1 Å². The molecule has 1 aliphatic carbocycles. The van der Waals surface area contributed by atoms with E-state index in [1.165, 1.54) is 34.1 Å². The molecule has 1 N–H and O–H groups in total. The number of hydrogen-bond acceptors (Lipinski definition) is 2. The molecule has 0 unspecified atom stereocenters. The molecule has 1 aliphatic heterocycles. The van der Waals surface area contributed by atoms with Crippen molar-refractivity contribution in [2.45, 2.75) is 38.8 Å². The van der Waals surface area contributed by atoms with Crippen LogP contribution in [0.15, 0.2) is 48.7 Å². The van der Waals surface area contributed by atoms with E-state index in [4.69, 9.17) is 0 Å². The van der Waals surface area contributed by atoms with E-state index < -0.39 is 0 Å². The molecule has 0 radical (unpaired) electrons. The normalized spacial score (nSPS) is 19.0. The number of aryl methyl sites for hydroxylation is 2. The predicted molar refractivity (Wildman–Crippen MR) is 117 cm³/mol. The molecule has 4 nitrogen and oxygen atoms in total. The first-order valence-corrected chi connectivity index (χ1v) is 10.7. The van der Waals surface area contributed by atoms with Gasteiger partial charge in [0.2, 0.25) is 0 Å². The molecule has 2 aromatic heterocycles. The van der Waals surface area contributed by atoms with Crippen molar-refractivity contribution < 1.29 is 4.79 Å². The van der Waals surface area contributed by atoms with Crippen LogP contribution in [-0.2, 0) is 13.0 Å². The number of para-hydroxylation sites is 1. The lowest BCUT2D eigenvalue weighted by Crippen LogP contribution is -2.42. The molecule has 1 atom stereocenters. The maximum absolute atomic E-state index is 13.2. The highest BCUT2D eigenvalue weighted by atomic mass is 16.1. The van der Waals surface area contributed by atoms with Crippen LogP contribution >= 0.6 is 0 Å². The number of carbonyl (C=O) groups excluding carboxylic acids is 1. The monoisotopic (exact) mass is 383 g/mol. The second-order valence-corrected chi connectivity index (χ2v) is 8.59. The van der Waals surface area contributed by atoms with Gasteiger partial charge in [0, 0.05) is 52.3 Å². The highest BCUT2D eigenvalue weighted by Gasteiger charge is 2.35. The third kappa shape index (κ3) is 2.52. The maximum Gasteiger partial charge on any atom is 0.178 e. The van der Waals surface area contributed by atoms with E-state index in [1.807, 2.05) is 30.5 Å². The topological polar surface area (TPSA) is 41.0 Å². The minimum atomic E-state index is 0.218. The number of ketones is 1. The first-order chi connectivity index (χ1) is 14.2. The number of nitrogens with one attached hydrogen (secondary N) is 1. The van der Waals surface area contributed by atoms with Crippen LogP contribution in [0.3, 0.4) is 0 Å². The van der Waals surface area contributed by atoms with Crippen molar-refractivity contribution in [1.29, 1.82) is 0 Å². The van der Waals surface area contributed by atoms with Crippen molar-refractivity contribution in [3.8, 4) is 0 Å². The second-order valence-electron chi connectivity index (χ2n) is 8.59. The minimum Gasteiger partial charge on any atom is -0.360 e. The van der Waals surface area contributed by atoms with Gasteiger partial charge in [-0.15, -0.1) is 0 Å². The molecular weight excluding hydrogens is 358 g/mol. The largest absolute Gasteiger partial charge is 0.360 e. The van der Waals surface area contributed by atoms with E-state index in [-0.39, 0.29) is 5.78 Å². The zero-order valence-corrected chi connectivity index (χ0v) is 16.7. The summed E-state index contributed by atoms with van der Waals surface area (Å²) in [7, 11) is 0. The summed E-state index contributed by atoms with van der Waals surface area (Å²) in [6, 6.07) is 15.3. The smallest absolute Gasteiger partial charge is 0.178 e. The lowest BCUT2D eigenvalue weighted by atomic mass is 9.89. The van der Waals surface area contributed by atoms with Gasteiger partial charge < -0.3 is 9.55 Å². The molecule has 2 aromatic carbocycles. The first kappa shape index (κ1) is 17.0. The quantitative estimate of drug-likeness (QED) is 0.506. The summed E-state index contributed by atoms with van der Waals surface area (Å²) in [5, 5.41) is 2.46. The van der Waals surface area contributed by atoms with Gasteiger partial charge in [-0.2, -0.15) is 0 Å². The number of carbonyl (C=O) groups is 1. The van der Waals surface area contributed by atoms with Crippen molar-refractivity contribution in [3.05, 3.63) is 71.0 Å². The Morgan fingerprint density at radius 3 is 2.97 bits per heavy atom. The van der Waals surface area contributed by atoms with Gasteiger partial charge in [-0.1, -0.05) is 29.8 Å².